The highest BCUT2D eigenvalue weighted by atomic mass is 79.9. The van der Waals surface area contributed by atoms with Crippen LogP contribution >= 0.6 is 15.9 Å². The monoisotopic (exact) mass is 422 g/mol. The summed E-state index contributed by atoms with van der Waals surface area (Å²) in [7, 11) is 0. The molecule has 3 nitrogen and oxygen atoms in total. The van der Waals surface area contributed by atoms with Gasteiger partial charge < -0.3 is 4.74 Å². The van der Waals surface area contributed by atoms with Crippen molar-refractivity contribution in [3.63, 3.8) is 0 Å². The van der Waals surface area contributed by atoms with Crippen LogP contribution in [0.4, 0.5) is 13.2 Å². The minimum absolute atomic E-state index is 0.0713. The molecule has 0 saturated carbocycles. The SMILES string of the molecule is C=C(OC=CC)c1cc(C(F)(F)F)nn1-c1ccc2cc(Br)ccc2c1. The highest BCUT2D eigenvalue weighted by Gasteiger charge is 2.35. The number of nitrogens with zero attached hydrogens (tertiary/aromatic N) is 2. The second kappa shape index (κ2) is 6.99. The molecule has 0 N–H and O–H groups in total. The van der Waals surface area contributed by atoms with Gasteiger partial charge >= 0.3 is 6.18 Å². The van der Waals surface area contributed by atoms with E-state index in [0.29, 0.717) is 5.69 Å². The van der Waals surface area contributed by atoms with E-state index in [9.17, 15) is 13.2 Å². The van der Waals surface area contributed by atoms with Gasteiger partial charge in [-0.15, -0.1) is 0 Å². The first-order valence-corrected chi connectivity index (χ1v) is 8.43. The van der Waals surface area contributed by atoms with Crippen molar-refractivity contribution in [1.82, 2.24) is 9.78 Å². The predicted molar refractivity (Wildman–Crippen MR) is 98.7 cm³/mol. The molecule has 0 radical (unpaired) electrons. The van der Waals surface area contributed by atoms with Crippen molar-refractivity contribution < 1.29 is 17.9 Å². The molecule has 7 heteroatoms. The van der Waals surface area contributed by atoms with Crippen molar-refractivity contribution in [2.24, 2.45) is 0 Å². The fraction of sp³-hybridized carbons (Fsp3) is 0.105. The number of halogens is 4. The third-order valence-corrected chi connectivity index (χ3v) is 4.16. The molecule has 0 bridgehead atoms. The van der Waals surface area contributed by atoms with E-state index in [-0.39, 0.29) is 11.5 Å². The molecule has 134 valence electrons. The van der Waals surface area contributed by atoms with Crippen LogP contribution in [0.2, 0.25) is 0 Å². The van der Waals surface area contributed by atoms with Gasteiger partial charge in [0, 0.05) is 10.5 Å². The fourth-order valence-electron chi connectivity index (χ4n) is 2.46. The number of aromatic nitrogens is 2. The van der Waals surface area contributed by atoms with Crippen LogP contribution in [-0.2, 0) is 10.9 Å². The number of alkyl halides is 3. The number of hydrogen-bond acceptors (Lipinski definition) is 2. The van der Waals surface area contributed by atoms with Crippen LogP contribution in [-0.4, -0.2) is 9.78 Å². The van der Waals surface area contributed by atoms with E-state index in [1.807, 2.05) is 24.3 Å². The molecule has 0 unspecified atom stereocenters. The molecule has 0 atom stereocenters. The van der Waals surface area contributed by atoms with Gasteiger partial charge in [0.25, 0.3) is 0 Å². The molecular formula is C19H14BrF3N2O. The highest BCUT2D eigenvalue weighted by molar-refractivity contribution is 9.10. The van der Waals surface area contributed by atoms with Crippen molar-refractivity contribution in [2.75, 3.05) is 0 Å². The summed E-state index contributed by atoms with van der Waals surface area (Å²) >= 11 is 3.40. The van der Waals surface area contributed by atoms with Crippen LogP contribution in [0.25, 0.3) is 22.2 Å². The Hall–Kier alpha value is -2.54. The van der Waals surface area contributed by atoms with Gasteiger partial charge in [0.2, 0.25) is 0 Å². The molecule has 3 aromatic rings. The average Bonchev–Trinajstić information content (AvgIpc) is 3.05. The molecule has 3 rings (SSSR count). The number of ether oxygens (including phenoxy) is 1. The van der Waals surface area contributed by atoms with Gasteiger partial charge in [-0.05, 0) is 42.0 Å². The van der Waals surface area contributed by atoms with Crippen molar-refractivity contribution in [1.29, 1.82) is 0 Å². The van der Waals surface area contributed by atoms with E-state index < -0.39 is 11.9 Å². The minimum Gasteiger partial charge on any atom is -0.464 e. The van der Waals surface area contributed by atoms with Crippen molar-refractivity contribution in [2.45, 2.75) is 13.1 Å². The maximum absolute atomic E-state index is 13.1. The van der Waals surface area contributed by atoms with Crippen molar-refractivity contribution in [3.8, 4) is 5.69 Å². The maximum Gasteiger partial charge on any atom is 0.435 e. The molecule has 0 aliphatic rings. The van der Waals surface area contributed by atoms with E-state index in [1.165, 1.54) is 10.9 Å². The summed E-state index contributed by atoms with van der Waals surface area (Å²) in [5.74, 6) is 0.0713. The molecule has 0 amide bonds. The van der Waals surface area contributed by atoms with E-state index in [4.69, 9.17) is 4.74 Å². The van der Waals surface area contributed by atoms with Gasteiger partial charge in [-0.2, -0.15) is 18.3 Å². The first-order chi connectivity index (χ1) is 12.3. The standard InChI is InChI=1S/C19H14BrF3N2O/c1-3-8-26-12(2)17-11-18(19(21,22)23)24-25(17)16-7-5-13-9-15(20)6-4-14(13)10-16/h3-11H,2H2,1H3. The maximum atomic E-state index is 13.1. The fourth-order valence-corrected chi connectivity index (χ4v) is 2.84. The van der Waals surface area contributed by atoms with Gasteiger partial charge in [-0.1, -0.05) is 40.7 Å². The molecule has 0 aliphatic carbocycles. The third kappa shape index (κ3) is 3.67. The summed E-state index contributed by atoms with van der Waals surface area (Å²) < 4.78 is 46.8. The molecule has 26 heavy (non-hydrogen) atoms. The van der Waals surface area contributed by atoms with Gasteiger partial charge in [0.1, 0.15) is 11.5 Å². The molecule has 1 heterocycles. The van der Waals surface area contributed by atoms with Gasteiger partial charge in [-0.25, -0.2) is 4.68 Å². The second-order valence-electron chi connectivity index (χ2n) is 5.51. The second-order valence-corrected chi connectivity index (χ2v) is 6.43. The molecule has 0 spiro atoms. The number of allylic oxidation sites excluding steroid dienone is 1. The number of fused-ring (bicyclic) bond motifs is 1. The van der Waals surface area contributed by atoms with Gasteiger partial charge in [0.05, 0.1) is 11.9 Å². The smallest absolute Gasteiger partial charge is 0.435 e. The summed E-state index contributed by atoms with van der Waals surface area (Å²) in [5.41, 5.74) is -0.393. The van der Waals surface area contributed by atoms with Gasteiger partial charge in [-0.3, -0.25) is 0 Å². The van der Waals surface area contributed by atoms with Crippen LogP contribution in [0, 0.1) is 0 Å². The number of benzene rings is 2. The largest absolute Gasteiger partial charge is 0.464 e. The van der Waals surface area contributed by atoms with Crippen LogP contribution in [0.1, 0.15) is 18.3 Å². The Kier molecular flexibility index (Phi) is 4.91. The molecule has 0 saturated heterocycles. The Labute approximate surface area is 156 Å². The average molecular weight is 423 g/mol. The quantitative estimate of drug-likeness (QED) is 0.459. The van der Waals surface area contributed by atoms with Gasteiger partial charge in [0.15, 0.2) is 5.69 Å². The Bertz CT molecular complexity index is 1010. The van der Waals surface area contributed by atoms with Crippen molar-refractivity contribution >= 4 is 32.5 Å². The molecule has 0 aliphatic heterocycles. The molecule has 0 fully saturated rings. The van der Waals surface area contributed by atoms with E-state index in [2.05, 4.69) is 27.6 Å². The van der Waals surface area contributed by atoms with Crippen LogP contribution < -0.4 is 0 Å². The molecular weight excluding hydrogens is 409 g/mol. The number of rotatable bonds is 4. The lowest BCUT2D eigenvalue weighted by molar-refractivity contribution is -0.141. The first-order valence-electron chi connectivity index (χ1n) is 7.63. The molecule has 2 aromatic carbocycles. The summed E-state index contributed by atoms with van der Waals surface area (Å²) in [6, 6.07) is 11.9. The third-order valence-electron chi connectivity index (χ3n) is 3.66. The first kappa shape index (κ1) is 18.3. The lowest BCUT2D eigenvalue weighted by atomic mass is 10.1. The Morgan fingerprint density at radius 2 is 1.85 bits per heavy atom. The summed E-state index contributed by atoms with van der Waals surface area (Å²) in [4.78, 5) is 0. The summed E-state index contributed by atoms with van der Waals surface area (Å²) in [6.45, 7) is 5.44. The predicted octanol–water partition coefficient (Wildman–Crippen LogP) is 6.33. The van der Waals surface area contributed by atoms with Crippen LogP contribution in [0.5, 0.6) is 0 Å². The lowest BCUT2D eigenvalue weighted by Crippen LogP contribution is -2.07. The van der Waals surface area contributed by atoms with Crippen LogP contribution in [0.15, 0.2) is 65.9 Å². The zero-order valence-corrected chi connectivity index (χ0v) is 15.3. The molecule has 1 aromatic heterocycles. The summed E-state index contributed by atoms with van der Waals surface area (Å²) in [6.07, 6.45) is -1.60. The van der Waals surface area contributed by atoms with E-state index in [1.54, 1.807) is 25.1 Å². The minimum atomic E-state index is -4.57. The Morgan fingerprint density at radius 1 is 1.15 bits per heavy atom. The zero-order valence-electron chi connectivity index (χ0n) is 13.7. The van der Waals surface area contributed by atoms with E-state index in [0.717, 1.165) is 21.3 Å². The Balaban J connectivity index is 2.14. The zero-order chi connectivity index (χ0) is 18.9. The number of hydrogen-bond donors (Lipinski definition) is 0. The summed E-state index contributed by atoms with van der Waals surface area (Å²) in [5, 5.41) is 5.55. The lowest BCUT2D eigenvalue weighted by Gasteiger charge is -2.10. The normalized spacial score (nSPS) is 12.0. The van der Waals surface area contributed by atoms with E-state index >= 15 is 0 Å². The topological polar surface area (TPSA) is 27.1 Å². The van der Waals surface area contributed by atoms with Crippen LogP contribution in [0.3, 0.4) is 0 Å². The Morgan fingerprint density at radius 3 is 2.54 bits per heavy atom. The highest BCUT2D eigenvalue weighted by Crippen LogP contribution is 2.32. The van der Waals surface area contributed by atoms with Crippen molar-refractivity contribution in [3.05, 3.63) is 77.2 Å².